The number of hydrogen-bond acceptors (Lipinski definition) is 14. The Morgan fingerprint density at radius 2 is 0.815 bits per heavy atom. The monoisotopic (exact) mass is 470 g/mol. The first-order valence-electron chi connectivity index (χ1n) is 6.91. The molecule has 0 spiro atoms. The van der Waals surface area contributed by atoms with Gasteiger partial charge in [0.25, 0.3) is 0 Å². The zero-order valence-corrected chi connectivity index (χ0v) is 15.3. The van der Waals surface area contributed by atoms with Crippen LogP contribution in [0.15, 0.2) is 0 Å². The van der Waals surface area contributed by atoms with E-state index in [0.29, 0.717) is 0 Å². The van der Waals surface area contributed by atoms with Crippen molar-refractivity contribution in [1.82, 2.24) is 0 Å². The molecule has 0 aliphatic heterocycles. The van der Waals surface area contributed by atoms with Crippen LogP contribution in [0.1, 0.15) is 0 Å². The van der Waals surface area contributed by atoms with E-state index >= 15 is 0 Å². The maximum absolute atomic E-state index is 9.98. The van der Waals surface area contributed by atoms with Gasteiger partial charge in [-0.15, -0.1) is 0 Å². The van der Waals surface area contributed by atoms with Gasteiger partial charge in [-0.2, -0.15) is 0 Å². The molecule has 0 unspecified atom stereocenters. The molecule has 4 radical (unpaired) electrons. The van der Waals surface area contributed by atoms with Crippen LogP contribution in [-0.4, -0.2) is 142 Å². The summed E-state index contributed by atoms with van der Waals surface area (Å²) in [6.45, 7) is -1.73. The molecule has 0 rings (SSSR count). The number of carbonyl (C=O) groups excluding carboxylic acids is 2. The summed E-state index contributed by atoms with van der Waals surface area (Å²) >= 11 is 0. The first-order valence-corrected chi connectivity index (χ1v) is 6.91. The molecule has 0 amide bonds. The second kappa shape index (κ2) is 15.0. The van der Waals surface area contributed by atoms with E-state index in [9.17, 15) is 19.8 Å². The van der Waals surface area contributed by atoms with Crippen LogP contribution in [-0.2, 0) is 9.59 Å². The van der Waals surface area contributed by atoms with E-state index in [4.69, 9.17) is 51.1 Å². The van der Waals surface area contributed by atoms with Gasteiger partial charge in [0.15, 0.2) is 0 Å². The molecule has 15 heteroatoms. The average Bonchev–Trinajstić information content (AvgIpc) is 2.62. The van der Waals surface area contributed by atoms with Crippen LogP contribution in [0.5, 0.6) is 0 Å². The van der Waals surface area contributed by atoms with E-state index in [1.54, 1.807) is 0 Å². The predicted molar refractivity (Wildman–Crippen MR) is 78.0 cm³/mol. The van der Waals surface area contributed by atoms with Gasteiger partial charge in [-0.3, -0.25) is 0 Å². The number of hydrogen-bond donors (Lipinski definition) is 10. The summed E-state index contributed by atoms with van der Waals surface area (Å²) in [7, 11) is 0. The van der Waals surface area contributed by atoms with Crippen molar-refractivity contribution in [2.45, 2.75) is 48.8 Å². The van der Waals surface area contributed by atoms with Gasteiger partial charge >= 0.3 is 17.1 Å². The molecule has 27 heavy (non-hydrogen) atoms. The van der Waals surface area contributed by atoms with Gasteiger partial charge in [-0.05, 0) is 0 Å². The predicted octanol–water partition coefficient (Wildman–Crippen LogP) is -10.0. The summed E-state index contributed by atoms with van der Waals surface area (Å²) in [4.78, 5) is 20.0. The number of carboxylic acid groups (broad SMARTS) is 2. The molecule has 0 heterocycles. The molecule has 0 aliphatic rings. The molecule has 0 aliphatic carbocycles. The van der Waals surface area contributed by atoms with E-state index < -0.39 is 74.0 Å². The summed E-state index contributed by atoms with van der Waals surface area (Å²) < 4.78 is 0. The third-order valence-corrected chi connectivity index (χ3v) is 2.99. The zero-order chi connectivity index (χ0) is 21.2. The molecule has 0 saturated heterocycles. The fourth-order valence-corrected chi connectivity index (χ4v) is 1.32. The summed E-state index contributed by atoms with van der Waals surface area (Å²) in [5, 5.41) is 107. The third-order valence-electron chi connectivity index (χ3n) is 2.99. The van der Waals surface area contributed by atoms with Crippen molar-refractivity contribution in [3.63, 3.8) is 0 Å². The minimum atomic E-state index is -2.31. The Morgan fingerprint density at radius 1 is 0.593 bits per heavy atom. The average molecular weight is 469 g/mol. The van der Waals surface area contributed by atoms with Gasteiger partial charge in [0.1, 0.15) is 48.8 Å². The molecule has 10 N–H and O–H groups in total. The molecule has 0 aromatic heterocycles. The smallest absolute Gasteiger partial charge is 0.547 e. The number of carbonyl (C=O) groups is 2. The van der Waals surface area contributed by atoms with Crippen LogP contribution in [0.4, 0.5) is 0 Å². The Bertz CT molecular complexity index is 385. The Labute approximate surface area is 162 Å². The summed E-state index contributed by atoms with van der Waals surface area (Å²) in [6.07, 6.45) is -16.2. The summed E-state index contributed by atoms with van der Waals surface area (Å²) in [5.41, 5.74) is 0. The number of carboxylic acids is 2. The second-order valence-corrected chi connectivity index (χ2v) is 4.99. The van der Waals surface area contributed by atoms with Crippen molar-refractivity contribution in [3.05, 3.63) is 0 Å². The van der Waals surface area contributed by atoms with Gasteiger partial charge in [0, 0.05) is 0 Å². The maximum atomic E-state index is 9.98. The van der Waals surface area contributed by atoms with Gasteiger partial charge in [0.2, 0.25) is 0 Å². The van der Waals surface area contributed by atoms with Gasteiger partial charge in [-0.25, -0.2) is 0 Å². The largest absolute Gasteiger partial charge is 2.00 e. The quantitative estimate of drug-likeness (QED) is 0.133. The van der Waals surface area contributed by atoms with Crippen LogP contribution < -0.4 is 10.2 Å². The summed E-state index contributed by atoms with van der Waals surface area (Å²) in [6, 6.07) is 0. The van der Waals surface area contributed by atoms with E-state index in [-0.39, 0.29) is 17.1 Å². The number of rotatable bonds is 10. The molecule has 8 atom stereocenters. The van der Waals surface area contributed by atoms with Crippen LogP contribution in [0.25, 0.3) is 0 Å². The van der Waals surface area contributed by atoms with E-state index in [1.165, 1.54) is 0 Å². The van der Waals surface area contributed by atoms with Crippen LogP contribution in [0.2, 0.25) is 0 Å². The SMILES string of the molecule is O=C([O-])[C@H](O)[C@@H](O)[C@H](O)[C@H](O)CO.O=C([O-])[C@H](O)[C@@H](O)[C@H](O)[C@H](O)CO.[Se+2]. The third kappa shape index (κ3) is 10.8. The molecule has 0 aromatic carbocycles. The number of aliphatic hydroxyl groups is 10. The van der Waals surface area contributed by atoms with E-state index in [1.807, 2.05) is 0 Å². The summed E-state index contributed by atoms with van der Waals surface area (Å²) in [5.74, 6) is -3.95. The molecule has 14 nitrogen and oxygen atoms in total. The van der Waals surface area contributed by atoms with E-state index in [0.717, 1.165) is 0 Å². The van der Waals surface area contributed by atoms with Crippen molar-refractivity contribution in [2.24, 2.45) is 0 Å². The van der Waals surface area contributed by atoms with Crippen molar-refractivity contribution in [1.29, 1.82) is 0 Å². The minimum Gasteiger partial charge on any atom is -0.547 e. The molecule has 160 valence electrons. The van der Waals surface area contributed by atoms with Gasteiger partial charge < -0.3 is 70.9 Å². The zero-order valence-electron chi connectivity index (χ0n) is 13.5. The van der Waals surface area contributed by atoms with Gasteiger partial charge in [-0.1, -0.05) is 0 Å². The first-order chi connectivity index (χ1) is 11.8. The number of aliphatic carboxylic acids is 2. The first kappa shape index (κ1) is 30.8. The van der Waals surface area contributed by atoms with Crippen molar-refractivity contribution in [2.75, 3.05) is 13.2 Å². The van der Waals surface area contributed by atoms with Crippen molar-refractivity contribution < 1.29 is 70.9 Å². The van der Waals surface area contributed by atoms with Crippen LogP contribution >= 0.6 is 0 Å². The number of aliphatic hydroxyl groups excluding tert-OH is 10. The van der Waals surface area contributed by atoms with Crippen LogP contribution in [0.3, 0.4) is 0 Å². The molecule has 0 aromatic rings. The van der Waals surface area contributed by atoms with Gasteiger partial charge in [0.05, 0.1) is 25.2 Å². The Morgan fingerprint density at radius 3 is 0.963 bits per heavy atom. The topological polar surface area (TPSA) is 283 Å². The second-order valence-electron chi connectivity index (χ2n) is 4.99. The van der Waals surface area contributed by atoms with Crippen molar-refractivity contribution in [3.8, 4) is 0 Å². The van der Waals surface area contributed by atoms with Crippen molar-refractivity contribution >= 4 is 29.0 Å². The fraction of sp³-hybridized carbons (Fsp3) is 0.833. The normalized spacial score (nSPS) is 19.6. The standard InChI is InChI=1S/2C6H12O7.Se/c2*7-1-2(8)3(9)4(10)5(11)6(12)13;/h2*2-5,7-11H,1H2,(H,12,13);/q;;+2/p-2/t2*2-,3-,4+,5-;/m11./s1. The molecule has 0 bridgehead atoms. The van der Waals surface area contributed by atoms with Crippen LogP contribution in [0, 0.1) is 0 Å². The minimum absolute atomic E-state index is 0. The molecule has 0 saturated carbocycles. The molecule has 0 fully saturated rings. The Balaban J connectivity index is -0.000000411. The Hall–Kier alpha value is -0.941. The Kier molecular flexibility index (Phi) is 17.1. The molecular weight excluding hydrogens is 447 g/mol. The fourth-order valence-electron chi connectivity index (χ4n) is 1.32. The van der Waals surface area contributed by atoms with E-state index in [2.05, 4.69) is 0 Å². The molecular formula is C12H22O14Se. The maximum Gasteiger partial charge on any atom is 2.00 e.